The van der Waals surface area contributed by atoms with Crippen molar-refractivity contribution < 1.29 is 14.5 Å². The van der Waals surface area contributed by atoms with Gasteiger partial charge in [0.2, 0.25) is 0 Å². The Labute approximate surface area is 92.3 Å². The van der Waals surface area contributed by atoms with Crippen LogP contribution in [0.2, 0.25) is 0 Å². The number of nitrogens with zero attached hydrogens (tertiary/aromatic N) is 2. The minimum absolute atomic E-state index is 0.0663. The number of hydrogen-bond donors (Lipinski definition) is 3. The fourth-order valence-electron chi connectivity index (χ4n) is 1.01. The second-order valence-corrected chi connectivity index (χ2v) is 3.46. The van der Waals surface area contributed by atoms with Crippen LogP contribution in [0, 0.1) is 12.8 Å². The lowest BCUT2D eigenvalue weighted by molar-refractivity contribution is 0.0942. The van der Waals surface area contributed by atoms with Crippen molar-refractivity contribution in [1.82, 2.24) is 10.5 Å². The average molecular weight is 226 g/mol. The van der Waals surface area contributed by atoms with E-state index < -0.39 is 0 Å². The molecule has 4 N–H and O–H groups in total. The highest BCUT2D eigenvalue weighted by atomic mass is 16.5. The van der Waals surface area contributed by atoms with Gasteiger partial charge < -0.3 is 20.8 Å². The summed E-state index contributed by atoms with van der Waals surface area (Å²) in [5.41, 5.74) is 5.57. The van der Waals surface area contributed by atoms with Gasteiger partial charge in [0.1, 0.15) is 11.6 Å². The summed E-state index contributed by atoms with van der Waals surface area (Å²) in [6, 6.07) is 1.53. The average Bonchev–Trinajstić information content (AvgIpc) is 2.71. The Morgan fingerprint density at radius 1 is 1.81 bits per heavy atom. The highest BCUT2D eigenvalue weighted by Crippen LogP contribution is 2.01. The normalized spacial score (nSPS) is 13.5. The van der Waals surface area contributed by atoms with Gasteiger partial charge in [0.15, 0.2) is 5.69 Å². The van der Waals surface area contributed by atoms with Crippen LogP contribution in [-0.2, 0) is 0 Å². The summed E-state index contributed by atoms with van der Waals surface area (Å²) in [5.74, 6) is 0.0302. The molecule has 88 valence electrons. The smallest absolute Gasteiger partial charge is 0.273 e. The Morgan fingerprint density at radius 2 is 2.50 bits per heavy atom. The molecule has 0 spiro atoms. The molecule has 0 aromatic carbocycles. The molecule has 1 heterocycles. The van der Waals surface area contributed by atoms with Crippen molar-refractivity contribution in [2.75, 3.05) is 6.54 Å². The number of nitrogens with two attached hydrogens (primary N) is 1. The van der Waals surface area contributed by atoms with E-state index in [1.54, 1.807) is 13.8 Å². The molecule has 0 radical (unpaired) electrons. The number of carbonyl (C=O) groups excluding carboxylic acids is 1. The molecule has 7 nitrogen and oxygen atoms in total. The molecule has 0 saturated heterocycles. The molecule has 7 heteroatoms. The van der Waals surface area contributed by atoms with Gasteiger partial charge in [0.05, 0.1) is 0 Å². The number of hydrogen-bond acceptors (Lipinski definition) is 5. The van der Waals surface area contributed by atoms with Crippen LogP contribution in [-0.4, -0.2) is 28.7 Å². The molecule has 0 saturated carbocycles. The van der Waals surface area contributed by atoms with Gasteiger partial charge in [-0.15, -0.1) is 0 Å². The lowest BCUT2D eigenvalue weighted by Crippen LogP contribution is -2.34. The summed E-state index contributed by atoms with van der Waals surface area (Å²) in [6.07, 6.45) is 0. The predicted molar refractivity (Wildman–Crippen MR) is 56.1 cm³/mol. The van der Waals surface area contributed by atoms with Crippen LogP contribution in [0.3, 0.4) is 0 Å². The molecule has 0 fully saturated rings. The molecule has 1 amide bonds. The monoisotopic (exact) mass is 226 g/mol. The molecule has 1 aromatic rings. The van der Waals surface area contributed by atoms with Gasteiger partial charge in [-0.25, -0.2) is 0 Å². The van der Waals surface area contributed by atoms with Crippen LogP contribution in [0.4, 0.5) is 0 Å². The van der Waals surface area contributed by atoms with E-state index in [2.05, 4.69) is 15.6 Å². The second-order valence-electron chi connectivity index (χ2n) is 3.46. The summed E-state index contributed by atoms with van der Waals surface area (Å²) >= 11 is 0. The van der Waals surface area contributed by atoms with Crippen LogP contribution in [0.1, 0.15) is 23.2 Å². The summed E-state index contributed by atoms with van der Waals surface area (Å²) in [6.45, 7) is 3.69. The van der Waals surface area contributed by atoms with Gasteiger partial charge in [0.25, 0.3) is 5.91 Å². The minimum Gasteiger partial charge on any atom is -0.409 e. The number of oxime groups is 1. The van der Waals surface area contributed by atoms with E-state index in [-0.39, 0.29) is 29.9 Å². The maximum Gasteiger partial charge on any atom is 0.273 e. The van der Waals surface area contributed by atoms with E-state index in [4.69, 9.17) is 15.5 Å². The van der Waals surface area contributed by atoms with E-state index in [1.807, 2.05) is 0 Å². The fraction of sp³-hybridized carbons (Fsp3) is 0.444. The van der Waals surface area contributed by atoms with Crippen molar-refractivity contribution in [1.29, 1.82) is 0 Å². The van der Waals surface area contributed by atoms with E-state index in [1.165, 1.54) is 6.07 Å². The summed E-state index contributed by atoms with van der Waals surface area (Å²) in [5, 5.41) is 17.4. The Bertz CT molecular complexity index is 399. The van der Waals surface area contributed by atoms with E-state index in [9.17, 15) is 4.79 Å². The third-order valence-electron chi connectivity index (χ3n) is 2.05. The lowest BCUT2D eigenvalue weighted by Gasteiger charge is -2.09. The summed E-state index contributed by atoms with van der Waals surface area (Å²) < 4.78 is 4.76. The number of rotatable bonds is 4. The van der Waals surface area contributed by atoms with Crippen LogP contribution < -0.4 is 11.1 Å². The lowest BCUT2D eigenvalue weighted by atomic mass is 10.1. The highest BCUT2D eigenvalue weighted by molar-refractivity contribution is 5.92. The molecule has 0 aliphatic rings. The standard InChI is InChI=1S/C9H14N4O3/c1-5(8(10)12-15)4-11-9(14)7-3-6(2)16-13-7/h3,5,15H,4H2,1-2H3,(H2,10,12)(H,11,14). The number of aryl methyl sites for hydroxylation is 1. The van der Waals surface area contributed by atoms with Gasteiger partial charge in [-0.3, -0.25) is 4.79 Å². The fourth-order valence-corrected chi connectivity index (χ4v) is 1.01. The SMILES string of the molecule is Cc1cc(C(=O)NCC(C)C(N)=NO)no1. The Hall–Kier alpha value is -2.05. The number of nitrogens with one attached hydrogen (secondary N) is 1. The Kier molecular flexibility index (Phi) is 3.87. The van der Waals surface area contributed by atoms with Gasteiger partial charge in [-0.05, 0) is 6.92 Å². The first-order chi connectivity index (χ1) is 7.54. The molecule has 1 rings (SSSR count). The van der Waals surface area contributed by atoms with Crippen LogP contribution >= 0.6 is 0 Å². The van der Waals surface area contributed by atoms with Crippen molar-refractivity contribution in [2.45, 2.75) is 13.8 Å². The zero-order chi connectivity index (χ0) is 12.1. The van der Waals surface area contributed by atoms with E-state index in [0.29, 0.717) is 5.76 Å². The molecular weight excluding hydrogens is 212 g/mol. The van der Waals surface area contributed by atoms with Crippen LogP contribution in [0.15, 0.2) is 15.7 Å². The third kappa shape index (κ3) is 2.97. The third-order valence-corrected chi connectivity index (χ3v) is 2.05. The van der Waals surface area contributed by atoms with Gasteiger partial charge >= 0.3 is 0 Å². The largest absolute Gasteiger partial charge is 0.409 e. The van der Waals surface area contributed by atoms with Crippen molar-refractivity contribution >= 4 is 11.7 Å². The van der Waals surface area contributed by atoms with Crippen molar-refractivity contribution in [3.8, 4) is 0 Å². The first kappa shape index (κ1) is 12.0. The maximum absolute atomic E-state index is 11.5. The quantitative estimate of drug-likeness (QED) is 0.291. The topological polar surface area (TPSA) is 114 Å². The molecule has 1 atom stereocenters. The van der Waals surface area contributed by atoms with Gasteiger partial charge in [0, 0.05) is 18.5 Å². The van der Waals surface area contributed by atoms with E-state index >= 15 is 0 Å². The van der Waals surface area contributed by atoms with Crippen molar-refractivity contribution in [3.05, 3.63) is 17.5 Å². The molecule has 1 unspecified atom stereocenters. The van der Waals surface area contributed by atoms with Crippen LogP contribution in [0.5, 0.6) is 0 Å². The Morgan fingerprint density at radius 3 is 3.00 bits per heavy atom. The molecule has 0 bridgehead atoms. The Balaban J connectivity index is 2.47. The number of amidine groups is 1. The van der Waals surface area contributed by atoms with E-state index in [0.717, 1.165) is 0 Å². The molecule has 0 aliphatic heterocycles. The molecule has 0 aliphatic carbocycles. The second kappa shape index (κ2) is 5.15. The van der Waals surface area contributed by atoms with Gasteiger partial charge in [-0.1, -0.05) is 17.2 Å². The van der Waals surface area contributed by atoms with Crippen molar-refractivity contribution in [3.63, 3.8) is 0 Å². The number of amides is 1. The zero-order valence-corrected chi connectivity index (χ0v) is 9.10. The number of aromatic nitrogens is 1. The molecule has 1 aromatic heterocycles. The summed E-state index contributed by atoms with van der Waals surface area (Å²) in [4.78, 5) is 11.5. The predicted octanol–water partition coefficient (Wildman–Crippen LogP) is 0.0953. The molecule has 16 heavy (non-hydrogen) atoms. The molecular formula is C9H14N4O3. The van der Waals surface area contributed by atoms with Crippen molar-refractivity contribution in [2.24, 2.45) is 16.8 Å². The number of carbonyl (C=O) groups is 1. The zero-order valence-electron chi connectivity index (χ0n) is 9.10. The highest BCUT2D eigenvalue weighted by Gasteiger charge is 2.13. The first-order valence-corrected chi connectivity index (χ1v) is 4.73. The van der Waals surface area contributed by atoms with Crippen LogP contribution in [0.25, 0.3) is 0 Å². The maximum atomic E-state index is 11.5. The van der Waals surface area contributed by atoms with Gasteiger partial charge in [-0.2, -0.15) is 0 Å². The minimum atomic E-state index is -0.352. The summed E-state index contributed by atoms with van der Waals surface area (Å²) in [7, 11) is 0. The first-order valence-electron chi connectivity index (χ1n) is 4.73.